The third kappa shape index (κ3) is 5.79. The molecule has 0 saturated carbocycles. The molecule has 0 amide bonds. The summed E-state index contributed by atoms with van der Waals surface area (Å²) < 4.78 is 28.8. The molecule has 0 fully saturated rings. The van der Waals surface area contributed by atoms with E-state index in [-0.39, 0.29) is 23.1 Å². The monoisotopic (exact) mass is 293 g/mol. The highest BCUT2D eigenvalue weighted by Gasteiger charge is 2.34. The summed E-state index contributed by atoms with van der Waals surface area (Å²) in [6.45, 7) is 8.90. The predicted molar refractivity (Wildman–Crippen MR) is 81.3 cm³/mol. The van der Waals surface area contributed by atoms with Crippen LogP contribution in [0.5, 0.6) is 0 Å². The second kappa shape index (κ2) is 8.93. The molecule has 1 N–H and O–H groups in total. The van der Waals surface area contributed by atoms with Crippen LogP contribution in [0.15, 0.2) is 0 Å². The molecule has 116 valence electrons. The Labute approximate surface area is 119 Å². The summed E-state index contributed by atoms with van der Waals surface area (Å²) in [5.41, 5.74) is -0.189. The Morgan fingerprint density at radius 1 is 1.16 bits per heavy atom. The van der Waals surface area contributed by atoms with Crippen LogP contribution >= 0.6 is 0 Å². The Hall–Kier alpha value is -0.130. The SMILES string of the molecule is CCNC(CCCS(=O)(=O)CC)C(CC)(CC)OC. The standard InChI is InChI=1S/C14H31NO3S/c1-6-14(7-2,18-5)13(15-8-3)11-10-12-19(16,17)9-4/h13,15H,6-12H2,1-5H3. The van der Waals surface area contributed by atoms with E-state index in [0.29, 0.717) is 6.42 Å². The van der Waals surface area contributed by atoms with E-state index in [2.05, 4.69) is 26.1 Å². The Morgan fingerprint density at radius 3 is 2.11 bits per heavy atom. The van der Waals surface area contributed by atoms with Gasteiger partial charge in [-0.15, -0.1) is 0 Å². The minimum absolute atomic E-state index is 0.189. The summed E-state index contributed by atoms with van der Waals surface area (Å²) in [5.74, 6) is 0.508. The van der Waals surface area contributed by atoms with Crippen LogP contribution < -0.4 is 5.32 Å². The molecule has 0 aromatic carbocycles. The maximum Gasteiger partial charge on any atom is 0.150 e. The van der Waals surface area contributed by atoms with Crippen molar-refractivity contribution in [1.82, 2.24) is 5.32 Å². The van der Waals surface area contributed by atoms with Crippen LogP contribution in [0.25, 0.3) is 0 Å². The Morgan fingerprint density at radius 2 is 1.74 bits per heavy atom. The third-order valence-electron chi connectivity index (χ3n) is 4.08. The zero-order valence-corrected chi connectivity index (χ0v) is 14.0. The molecular formula is C14H31NO3S. The molecule has 1 unspecified atom stereocenters. The summed E-state index contributed by atoms with van der Waals surface area (Å²) in [4.78, 5) is 0. The third-order valence-corrected chi connectivity index (χ3v) is 5.87. The minimum Gasteiger partial charge on any atom is -0.377 e. The van der Waals surface area contributed by atoms with Crippen molar-refractivity contribution < 1.29 is 13.2 Å². The van der Waals surface area contributed by atoms with Crippen molar-refractivity contribution in [1.29, 1.82) is 0 Å². The average molecular weight is 293 g/mol. The van der Waals surface area contributed by atoms with E-state index in [9.17, 15) is 8.42 Å². The van der Waals surface area contributed by atoms with Crippen LogP contribution in [-0.2, 0) is 14.6 Å². The normalized spacial score (nSPS) is 14.6. The minimum atomic E-state index is -2.86. The molecule has 0 aromatic rings. The van der Waals surface area contributed by atoms with E-state index in [4.69, 9.17) is 4.74 Å². The highest BCUT2D eigenvalue weighted by molar-refractivity contribution is 7.91. The van der Waals surface area contributed by atoms with Crippen LogP contribution in [0.3, 0.4) is 0 Å². The van der Waals surface area contributed by atoms with Gasteiger partial charge in [-0.2, -0.15) is 0 Å². The van der Waals surface area contributed by atoms with Crippen molar-refractivity contribution in [3.05, 3.63) is 0 Å². The number of hydrogen-bond donors (Lipinski definition) is 1. The topological polar surface area (TPSA) is 55.4 Å². The molecule has 0 rings (SSSR count). The van der Waals surface area contributed by atoms with Gasteiger partial charge in [0, 0.05) is 18.9 Å². The molecule has 0 aliphatic rings. The van der Waals surface area contributed by atoms with Crippen molar-refractivity contribution in [2.24, 2.45) is 0 Å². The second-order valence-corrected chi connectivity index (χ2v) is 7.44. The van der Waals surface area contributed by atoms with E-state index in [1.807, 2.05) is 0 Å². The van der Waals surface area contributed by atoms with Gasteiger partial charge >= 0.3 is 0 Å². The van der Waals surface area contributed by atoms with Crippen molar-refractivity contribution in [3.63, 3.8) is 0 Å². The van der Waals surface area contributed by atoms with Gasteiger partial charge in [-0.3, -0.25) is 0 Å². The van der Waals surface area contributed by atoms with Gasteiger partial charge in [0.15, 0.2) is 0 Å². The Kier molecular flexibility index (Phi) is 8.86. The zero-order chi connectivity index (χ0) is 14.9. The molecule has 1 atom stereocenters. The summed E-state index contributed by atoms with van der Waals surface area (Å²) in [7, 11) is -1.11. The second-order valence-electron chi connectivity index (χ2n) is 4.96. The number of sulfone groups is 1. The van der Waals surface area contributed by atoms with Crippen molar-refractivity contribution in [2.45, 2.75) is 65.0 Å². The lowest BCUT2D eigenvalue weighted by Gasteiger charge is -2.39. The van der Waals surface area contributed by atoms with Gasteiger partial charge in [-0.1, -0.05) is 27.7 Å². The molecule has 0 bridgehead atoms. The van der Waals surface area contributed by atoms with Crippen LogP contribution in [0.2, 0.25) is 0 Å². The Bertz CT molecular complexity index is 315. The van der Waals surface area contributed by atoms with Crippen molar-refractivity contribution in [2.75, 3.05) is 25.2 Å². The lowest BCUT2D eigenvalue weighted by molar-refractivity contribution is -0.0491. The average Bonchev–Trinajstić information content (AvgIpc) is 2.41. The van der Waals surface area contributed by atoms with Gasteiger partial charge in [0.25, 0.3) is 0 Å². The summed E-state index contributed by atoms with van der Waals surface area (Å²) >= 11 is 0. The van der Waals surface area contributed by atoms with Crippen LogP contribution in [-0.4, -0.2) is 45.2 Å². The molecule has 0 aromatic heterocycles. The van der Waals surface area contributed by atoms with Crippen molar-refractivity contribution >= 4 is 9.84 Å². The summed E-state index contributed by atoms with van der Waals surface area (Å²) in [5, 5.41) is 3.46. The summed E-state index contributed by atoms with van der Waals surface area (Å²) in [6.07, 6.45) is 3.39. The number of ether oxygens (including phenoxy) is 1. The quantitative estimate of drug-likeness (QED) is 0.635. The van der Waals surface area contributed by atoms with Crippen molar-refractivity contribution in [3.8, 4) is 0 Å². The molecular weight excluding hydrogens is 262 g/mol. The molecule has 5 heteroatoms. The molecule has 0 heterocycles. The van der Waals surface area contributed by atoms with Gasteiger partial charge in [0.05, 0.1) is 11.4 Å². The first-order valence-corrected chi connectivity index (χ1v) is 9.22. The molecule has 0 aliphatic carbocycles. The number of methoxy groups -OCH3 is 1. The molecule has 0 radical (unpaired) electrons. The maximum absolute atomic E-state index is 11.5. The van der Waals surface area contributed by atoms with Gasteiger partial charge in [0.1, 0.15) is 9.84 Å². The van der Waals surface area contributed by atoms with Gasteiger partial charge in [-0.05, 0) is 32.2 Å². The van der Waals surface area contributed by atoms with E-state index in [1.54, 1.807) is 14.0 Å². The molecule has 0 aliphatic heterocycles. The molecule has 19 heavy (non-hydrogen) atoms. The van der Waals surface area contributed by atoms with E-state index >= 15 is 0 Å². The first-order valence-electron chi connectivity index (χ1n) is 7.40. The predicted octanol–water partition coefficient (Wildman–Crippen LogP) is 2.38. The number of hydrogen-bond acceptors (Lipinski definition) is 4. The molecule has 0 saturated heterocycles. The van der Waals surface area contributed by atoms with Gasteiger partial charge in [-0.25, -0.2) is 8.42 Å². The largest absolute Gasteiger partial charge is 0.377 e. The fourth-order valence-corrected chi connectivity index (χ4v) is 3.52. The number of rotatable bonds is 11. The van der Waals surface area contributed by atoms with E-state index in [1.165, 1.54) is 0 Å². The first-order chi connectivity index (χ1) is 8.91. The first kappa shape index (κ1) is 18.9. The fourth-order valence-electron chi connectivity index (χ4n) is 2.62. The van der Waals surface area contributed by atoms with E-state index < -0.39 is 9.84 Å². The smallest absolute Gasteiger partial charge is 0.150 e. The highest BCUT2D eigenvalue weighted by atomic mass is 32.2. The van der Waals surface area contributed by atoms with Crippen LogP contribution in [0.1, 0.15) is 53.4 Å². The summed E-state index contributed by atoms with van der Waals surface area (Å²) in [6, 6.07) is 0.213. The zero-order valence-electron chi connectivity index (χ0n) is 13.2. The lowest BCUT2D eigenvalue weighted by atomic mass is 9.85. The number of nitrogens with one attached hydrogen (secondary N) is 1. The Balaban J connectivity index is 4.64. The van der Waals surface area contributed by atoms with Crippen LogP contribution in [0.4, 0.5) is 0 Å². The maximum atomic E-state index is 11.5. The fraction of sp³-hybridized carbons (Fsp3) is 1.00. The molecule has 0 spiro atoms. The highest BCUT2D eigenvalue weighted by Crippen LogP contribution is 2.27. The van der Waals surface area contributed by atoms with Crippen LogP contribution in [0, 0.1) is 0 Å². The van der Waals surface area contributed by atoms with E-state index in [0.717, 1.165) is 25.8 Å². The lowest BCUT2D eigenvalue weighted by Crippen LogP contribution is -2.51. The number of likely N-dealkylation sites (N-methyl/N-ethyl adjacent to an activating group) is 1. The van der Waals surface area contributed by atoms with Gasteiger partial charge < -0.3 is 10.1 Å². The molecule has 4 nitrogen and oxygen atoms in total. The van der Waals surface area contributed by atoms with Gasteiger partial charge in [0.2, 0.25) is 0 Å².